The maximum atomic E-state index is 11.9. The largest absolute Gasteiger partial charge is 0.468 e. The van der Waals surface area contributed by atoms with Crippen molar-refractivity contribution in [3.63, 3.8) is 0 Å². The molecule has 112 valence electrons. The Morgan fingerprint density at radius 1 is 1.20 bits per heavy atom. The highest BCUT2D eigenvalue weighted by atomic mass is 16.6. The van der Waals surface area contributed by atoms with Crippen LogP contribution in [0.1, 0.15) is 56.3 Å². The van der Waals surface area contributed by atoms with E-state index >= 15 is 0 Å². The standard InChI is InChI=1S/C16H24O4/c1-3-4-5-6-7-13(2)20-16(18)14-8-10-15(11-9-14)19-12-17/h8-11,13,17H,3-7,12H2,1-2H3. The molecule has 0 aliphatic heterocycles. The molecule has 20 heavy (non-hydrogen) atoms. The van der Waals surface area contributed by atoms with E-state index < -0.39 is 0 Å². The van der Waals surface area contributed by atoms with Crippen LogP contribution in [0.4, 0.5) is 0 Å². The quantitative estimate of drug-likeness (QED) is 0.427. The zero-order valence-electron chi connectivity index (χ0n) is 12.3. The van der Waals surface area contributed by atoms with Crippen molar-refractivity contribution < 1.29 is 19.4 Å². The van der Waals surface area contributed by atoms with E-state index in [9.17, 15) is 4.79 Å². The number of hydrogen-bond donors (Lipinski definition) is 1. The summed E-state index contributed by atoms with van der Waals surface area (Å²) in [6.07, 6.45) is 5.55. The number of carbonyl (C=O) groups is 1. The van der Waals surface area contributed by atoms with E-state index in [1.165, 1.54) is 19.3 Å². The van der Waals surface area contributed by atoms with Gasteiger partial charge in [0.15, 0.2) is 6.79 Å². The van der Waals surface area contributed by atoms with E-state index in [0.717, 1.165) is 12.8 Å². The third-order valence-corrected chi connectivity index (χ3v) is 3.09. The van der Waals surface area contributed by atoms with Gasteiger partial charge in [-0.15, -0.1) is 0 Å². The van der Waals surface area contributed by atoms with Crippen LogP contribution in [0.15, 0.2) is 24.3 Å². The summed E-state index contributed by atoms with van der Waals surface area (Å²) >= 11 is 0. The van der Waals surface area contributed by atoms with Gasteiger partial charge < -0.3 is 14.6 Å². The molecule has 0 radical (unpaired) electrons. The molecule has 0 saturated heterocycles. The number of carbonyl (C=O) groups excluding carboxylic acids is 1. The third-order valence-electron chi connectivity index (χ3n) is 3.09. The molecule has 1 aromatic rings. The highest BCUT2D eigenvalue weighted by Gasteiger charge is 2.11. The summed E-state index contributed by atoms with van der Waals surface area (Å²) in [5, 5.41) is 8.62. The first-order valence-corrected chi connectivity index (χ1v) is 7.22. The van der Waals surface area contributed by atoms with Gasteiger partial charge >= 0.3 is 5.97 Å². The van der Waals surface area contributed by atoms with Crippen molar-refractivity contribution in [2.75, 3.05) is 6.79 Å². The van der Waals surface area contributed by atoms with Crippen molar-refractivity contribution in [3.05, 3.63) is 29.8 Å². The molecule has 1 rings (SSSR count). The minimum Gasteiger partial charge on any atom is -0.468 e. The van der Waals surface area contributed by atoms with E-state index in [4.69, 9.17) is 14.6 Å². The molecule has 0 bridgehead atoms. The Kier molecular flexibility index (Phi) is 7.73. The molecule has 0 fully saturated rings. The van der Waals surface area contributed by atoms with Gasteiger partial charge in [0.2, 0.25) is 0 Å². The number of benzene rings is 1. The van der Waals surface area contributed by atoms with Gasteiger partial charge in [0.25, 0.3) is 0 Å². The molecule has 1 aromatic carbocycles. The molecule has 0 saturated carbocycles. The summed E-state index contributed by atoms with van der Waals surface area (Å²) in [6, 6.07) is 6.55. The van der Waals surface area contributed by atoms with Crippen molar-refractivity contribution in [1.82, 2.24) is 0 Å². The Labute approximate surface area is 120 Å². The second-order valence-corrected chi connectivity index (χ2v) is 4.86. The Balaban J connectivity index is 2.37. The number of esters is 1. The molecule has 0 aromatic heterocycles. The van der Waals surface area contributed by atoms with Crippen molar-refractivity contribution in [1.29, 1.82) is 0 Å². The molecule has 4 nitrogen and oxygen atoms in total. The summed E-state index contributed by atoms with van der Waals surface area (Å²) in [5.41, 5.74) is 0.496. The van der Waals surface area contributed by atoms with E-state index in [0.29, 0.717) is 11.3 Å². The lowest BCUT2D eigenvalue weighted by Crippen LogP contribution is -2.15. The van der Waals surface area contributed by atoms with Crippen LogP contribution in [-0.4, -0.2) is 24.0 Å². The average Bonchev–Trinajstić information content (AvgIpc) is 2.45. The summed E-state index contributed by atoms with van der Waals surface area (Å²) in [5.74, 6) is 0.209. The lowest BCUT2D eigenvalue weighted by Gasteiger charge is -2.13. The highest BCUT2D eigenvalue weighted by molar-refractivity contribution is 5.89. The number of unbranched alkanes of at least 4 members (excludes halogenated alkanes) is 3. The number of hydrogen-bond acceptors (Lipinski definition) is 4. The first-order valence-electron chi connectivity index (χ1n) is 7.22. The maximum Gasteiger partial charge on any atom is 0.338 e. The van der Waals surface area contributed by atoms with Gasteiger partial charge in [-0.05, 0) is 44.0 Å². The van der Waals surface area contributed by atoms with Gasteiger partial charge in [-0.25, -0.2) is 4.79 Å². The predicted molar refractivity (Wildman–Crippen MR) is 77.8 cm³/mol. The van der Waals surface area contributed by atoms with Crippen LogP contribution in [0.5, 0.6) is 5.75 Å². The van der Waals surface area contributed by atoms with Crippen molar-refractivity contribution in [2.24, 2.45) is 0 Å². The van der Waals surface area contributed by atoms with Crippen LogP contribution in [0, 0.1) is 0 Å². The van der Waals surface area contributed by atoms with Crippen LogP contribution in [0.3, 0.4) is 0 Å². The Hall–Kier alpha value is -1.55. The summed E-state index contributed by atoms with van der Waals surface area (Å²) in [4.78, 5) is 11.9. The fourth-order valence-corrected chi connectivity index (χ4v) is 1.93. The average molecular weight is 280 g/mol. The van der Waals surface area contributed by atoms with Crippen LogP contribution in [0.25, 0.3) is 0 Å². The van der Waals surface area contributed by atoms with Crippen molar-refractivity contribution in [2.45, 2.75) is 52.1 Å². The number of aliphatic hydroxyl groups excluding tert-OH is 1. The molecule has 0 heterocycles. The Bertz CT molecular complexity index is 386. The topological polar surface area (TPSA) is 55.8 Å². The van der Waals surface area contributed by atoms with Crippen molar-refractivity contribution >= 4 is 5.97 Å². The zero-order chi connectivity index (χ0) is 14.8. The van der Waals surface area contributed by atoms with Gasteiger partial charge in [-0.1, -0.05) is 26.2 Å². The van der Waals surface area contributed by atoms with Gasteiger partial charge in [0.1, 0.15) is 5.75 Å². The molecule has 1 N–H and O–H groups in total. The van der Waals surface area contributed by atoms with E-state index in [1.807, 2.05) is 6.92 Å². The molecule has 0 aliphatic rings. The van der Waals surface area contributed by atoms with Gasteiger partial charge in [0.05, 0.1) is 11.7 Å². The number of ether oxygens (including phenoxy) is 2. The maximum absolute atomic E-state index is 11.9. The minimum atomic E-state index is -0.376. The summed E-state index contributed by atoms with van der Waals surface area (Å²) < 4.78 is 10.3. The Morgan fingerprint density at radius 3 is 2.50 bits per heavy atom. The minimum absolute atomic E-state index is 0.0623. The first kappa shape index (κ1) is 16.5. The molecule has 0 aliphatic carbocycles. The van der Waals surface area contributed by atoms with Gasteiger partial charge in [-0.2, -0.15) is 0 Å². The molecular weight excluding hydrogens is 256 g/mol. The zero-order valence-corrected chi connectivity index (χ0v) is 12.3. The van der Waals surface area contributed by atoms with Gasteiger partial charge in [-0.3, -0.25) is 0 Å². The van der Waals surface area contributed by atoms with Gasteiger partial charge in [0, 0.05) is 0 Å². The second-order valence-electron chi connectivity index (χ2n) is 4.86. The summed E-state index contributed by atoms with van der Waals surface area (Å²) in [7, 11) is 0. The number of rotatable bonds is 9. The fraction of sp³-hybridized carbons (Fsp3) is 0.562. The summed E-state index contributed by atoms with van der Waals surface area (Å²) in [6.45, 7) is 3.72. The first-order chi connectivity index (χ1) is 9.67. The molecule has 4 heteroatoms. The molecule has 0 spiro atoms. The predicted octanol–water partition coefficient (Wildman–Crippen LogP) is 3.53. The highest BCUT2D eigenvalue weighted by Crippen LogP contribution is 2.14. The van der Waals surface area contributed by atoms with Crippen LogP contribution in [0.2, 0.25) is 0 Å². The Morgan fingerprint density at radius 2 is 1.90 bits per heavy atom. The molecule has 0 amide bonds. The lowest BCUT2D eigenvalue weighted by atomic mass is 10.1. The number of aliphatic hydroxyl groups is 1. The SMILES string of the molecule is CCCCCCC(C)OC(=O)c1ccc(OCO)cc1. The van der Waals surface area contributed by atoms with E-state index in [2.05, 4.69) is 6.92 Å². The molecule has 1 atom stereocenters. The van der Waals surface area contributed by atoms with Crippen LogP contribution >= 0.6 is 0 Å². The molecule has 1 unspecified atom stereocenters. The second kappa shape index (κ2) is 9.37. The third kappa shape index (κ3) is 6.06. The monoisotopic (exact) mass is 280 g/mol. The lowest BCUT2D eigenvalue weighted by molar-refractivity contribution is 0.0319. The van der Waals surface area contributed by atoms with E-state index in [-0.39, 0.29) is 18.9 Å². The fourth-order valence-electron chi connectivity index (χ4n) is 1.93. The van der Waals surface area contributed by atoms with Crippen molar-refractivity contribution in [3.8, 4) is 5.75 Å². The normalized spacial score (nSPS) is 11.9. The van der Waals surface area contributed by atoms with E-state index in [1.54, 1.807) is 24.3 Å². The van der Waals surface area contributed by atoms with Crippen LogP contribution in [-0.2, 0) is 4.74 Å². The molecular formula is C16H24O4. The smallest absolute Gasteiger partial charge is 0.338 e. The van der Waals surface area contributed by atoms with Crippen LogP contribution < -0.4 is 4.74 Å².